The first kappa shape index (κ1) is 13.5. The van der Waals surface area contributed by atoms with E-state index in [1.54, 1.807) is 0 Å². The number of aliphatic hydroxyl groups is 1. The first-order valence-corrected chi connectivity index (χ1v) is 7.69. The highest BCUT2D eigenvalue weighted by Crippen LogP contribution is 2.28. The highest BCUT2D eigenvalue weighted by molar-refractivity contribution is 5.74. The zero-order chi connectivity index (χ0) is 14.9. The van der Waals surface area contributed by atoms with Crippen molar-refractivity contribution in [3.05, 3.63) is 66.0 Å². The standard InChI is InChI=1S/C18H19N3O/c22-17(13-6-2-1-3-7-13)12-21-10-14(11-21)18-19-15-8-4-5-9-16(15)20-18/h1-9,14,17,22H,10-12H2,(H,19,20)/t17-/m1/s1. The highest BCUT2D eigenvalue weighted by Gasteiger charge is 2.31. The molecule has 22 heavy (non-hydrogen) atoms. The molecule has 2 heterocycles. The summed E-state index contributed by atoms with van der Waals surface area (Å²) in [5, 5.41) is 10.3. The number of H-pyrrole nitrogens is 1. The molecule has 2 aromatic carbocycles. The molecule has 4 heteroatoms. The third-order valence-electron chi connectivity index (χ3n) is 4.37. The number of hydrogen-bond acceptors (Lipinski definition) is 3. The quantitative estimate of drug-likeness (QED) is 0.777. The largest absolute Gasteiger partial charge is 0.387 e. The molecule has 1 aliphatic rings. The van der Waals surface area contributed by atoms with Crippen molar-refractivity contribution in [1.29, 1.82) is 0 Å². The lowest BCUT2D eigenvalue weighted by atomic mass is 9.98. The SMILES string of the molecule is O[C@H](CN1CC(c2nc3ccccc3[nH]2)C1)c1ccccc1. The number of imidazole rings is 1. The van der Waals surface area contributed by atoms with Gasteiger partial charge in [-0.15, -0.1) is 0 Å². The van der Waals surface area contributed by atoms with Gasteiger partial charge < -0.3 is 10.1 Å². The number of para-hydroxylation sites is 2. The molecule has 112 valence electrons. The lowest BCUT2D eigenvalue weighted by Crippen LogP contribution is -2.47. The predicted octanol–water partition coefficient (Wildman–Crippen LogP) is 2.70. The van der Waals surface area contributed by atoms with E-state index in [0.717, 1.165) is 35.5 Å². The molecule has 0 saturated carbocycles. The molecule has 0 aliphatic carbocycles. The molecular weight excluding hydrogens is 274 g/mol. The Balaban J connectivity index is 1.37. The normalized spacial score (nSPS) is 17.5. The molecule has 0 radical (unpaired) electrons. The number of aromatic nitrogens is 2. The molecule has 1 fully saturated rings. The number of rotatable bonds is 4. The van der Waals surface area contributed by atoms with Crippen molar-refractivity contribution >= 4 is 11.0 Å². The van der Waals surface area contributed by atoms with Crippen LogP contribution in [0.5, 0.6) is 0 Å². The summed E-state index contributed by atoms with van der Waals surface area (Å²) < 4.78 is 0. The van der Waals surface area contributed by atoms with Crippen LogP contribution in [0.1, 0.15) is 23.4 Å². The van der Waals surface area contributed by atoms with E-state index in [9.17, 15) is 5.11 Å². The fourth-order valence-electron chi connectivity index (χ4n) is 3.08. The van der Waals surface area contributed by atoms with Crippen LogP contribution in [0, 0.1) is 0 Å². The van der Waals surface area contributed by atoms with Gasteiger partial charge in [0.2, 0.25) is 0 Å². The van der Waals surface area contributed by atoms with Gasteiger partial charge in [-0.25, -0.2) is 4.98 Å². The van der Waals surface area contributed by atoms with Gasteiger partial charge in [-0.05, 0) is 17.7 Å². The van der Waals surface area contributed by atoms with Crippen LogP contribution >= 0.6 is 0 Å². The monoisotopic (exact) mass is 293 g/mol. The first-order valence-electron chi connectivity index (χ1n) is 7.69. The average Bonchev–Trinajstić information content (AvgIpc) is 2.94. The Labute approximate surface area is 129 Å². The van der Waals surface area contributed by atoms with Crippen molar-refractivity contribution in [1.82, 2.24) is 14.9 Å². The van der Waals surface area contributed by atoms with E-state index in [2.05, 4.69) is 20.9 Å². The Bertz CT molecular complexity index is 729. The van der Waals surface area contributed by atoms with Gasteiger partial charge in [0.15, 0.2) is 0 Å². The van der Waals surface area contributed by atoms with Crippen LogP contribution in [0.4, 0.5) is 0 Å². The number of likely N-dealkylation sites (tertiary alicyclic amines) is 1. The van der Waals surface area contributed by atoms with Crippen molar-refractivity contribution in [3.63, 3.8) is 0 Å². The molecule has 1 aliphatic heterocycles. The summed E-state index contributed by atoms with van der Waals surface area (Å²) in [5.74, 6) is 1.50. The first-order chi connectivity index (χ1) is 10.8. The Morgan fingerprint density at radius 1 is 1.09 bits per heavy atom. The minimum atomic E-state index is -0.419. The fraction of sp³-hybridized carbons (Fsp3) is 0.278. The number of β-amino-alcohol motifs (C(OH)–C–C–N with tert-alkyl or cyclic N) is 1. The van der Waals surface area contributed by atoms with Crippen LogP contribution in [-0.2, 0) is 0 Å². The minimum Gasteiger partial charge on any atom is -0.387 e. The molecule has 2 N–H and O–H groups in total. The van der Waals surface area contributed by atoms with Crippen molar-refractivity contribution in [2.45, 2.75) is 12.0 Å². The van der Waals surface area contributed by atoms with Crippen LogP contribution in [0.15, 0.2) is 54.6 Å². The van der Waals surface area contributed by atoms with E-state index in [-0.39, 0.29) is 0 Å². The molecule has 1 aromatic heterocycles. The summed E-state index contributed by atoms with van der Waals surface area (Å²) in [6.07, 6.45) is -0.419. The Hall–Kier alpha value is -2.17. The van der Waals surface area contributed by atoms with Crippen molar-refractivity contribution < 1.29 is 5.11 Å². The molecular formula is C18H19N3O. The summed E-state index contributed by atoms with van der Waals surface area (Å²) in [6.45, 7) is 2.58. The van der Waals surface area contributed by atoms with Gasteiger partial charge in [0.1, 0.15) is 5.82 Å². The number of benzene rings is 2. The summed E-state index contributed by atoms with van der Waals surface area (Å²) in [7, 11) is 0. The second-order valence-electron chi connectivity index (χ2n) is 5.98. The van der Waals surface area contributed by atoms with E-state index < -0.39 is 6.10 Å². The van der Waals surface area contributed by atoms with Gasteiger partial charge in [-0.1, -0.05) is 42.5 Å². The maximum Gasteiger partial charge on any atom is 0.112 e. The smallest absolute Gasteiger partial charge is 0.112 e. The summed E-state index contributed by atoms with van der Waals surface area (Å²) in [5.41, 5.74) is 3.11. The number of fused-ring (bicyclic) bond motifs is 1. The van der Waals surface area contributed by atoms with E-state index in [1.165, 1.54) is 0 Å². The third kappa shape index (κ3) is 2.51. The predicted molar refractivity (Wildman–Crippen MR) is 86.7 cm³/mol. The minimum absolute atomic E-state index is 0.419. The molecule has 1 atom stereocenters. The van der Waals surface area contributed by atoms with E-state index in [0.29, 0.717) is 12.5 Å². The summed E-state index contributed by atoms with van der Waals surface area (Å²) >= 11 is 0. The van der Waals surface area contributed by atoms with Crippen LogP contribution < -0.4 is 0 Å². The summed E-state index contributed by atoms with van der Waals surface area (Å²) in [6, 6.07) is 18.0. The van der Waals surface area contributed by atoms with Crippen molar-refractivity contribution in [3.8, 4) is 0 Å². The van der Waals surface area contributed by atoms with Gasteiger partial charge in [0.05, 0.1) is 17.1 Å². The molecule has 4 nitrogen and oxygen atoms in total. The molecule has 1 saturated heterocycles. The second kappa shape index (κ2) is 5.55. The average molecular weight is 293 g/mol. The van der Waals surface area contributed by atoms with Crippen molar-refractivity contribution in [2.75, 3.05) is 19.6 Å². The molecule has 0 bridgehead atoms. The zero-order valence-corrected chi connectivity index (χ0v) is 12.3. The van der Waals surface area contributed by atoms with Gasteiger partial charge in [-0.3, -0.25) is 4.90 Å². The van der Waals surface area contributed by atoms with E-state index in [4.69, 9.17) is 0 Å². The Kier molecular flexibility index (Phi) is 3.41. The zero-order valence-electron chi connectivity index (χ0n) is 12.3. The van der Waals surface area contributed by atoms with Crippen LogP contribution in [0.25, 0.3) is 11.0 Å². The molecule has 3 aromatic rings. The lowest BCUT2D eigenvalue weighted by molar-refractivity contribution is 0.0626. The van der Waals surface area contributed by atoms with Gasteiger partial charge >= 0.3 is 0 Å². The Morgan fingerprint density at radius 3 is 2.59 bits per heavy atom. The highest BCUT2D eigenvalue weighted by atomic mass is 16.3. The van der Waals surface area contributed by atoms with Crippen LogP contribution in [0.3, 0.4) is 0 Å². The maximum atomic E-state index is 10.3. The van der Waals surface area contributed by atoms with Gasteiger partial charge in [0, 0.05) is 25.6 Å². The lowest BCUT2D eigenvalue weighted by Gasteiger charge is -2.39. The van der Waals surface area contributed by atoms with Gasteiger partial charge in [0.25, 0.3) is 0 Å². The number of nitrogens with zero attached hydrogens (tertiary/aromatic N) is 2. The van der Waals surface area contributed by atoms with Gasteiger partial charge in [-0.2, -0.15) is 0 Å². The summed E-state index contributed by atoms with van der Waals surface area (Å²) in [4.78, 5) is 10.3. The third-order valence-corrected chi connectivity index (χ3v) is 4.37. The molecule has 0 amide bonds. The number of nitrogens with one attached hydrogen (secondary N) is 1. The molecule has 0 spiro atoms. The number of aromatic amines is 1. The fourth-order valence-corrected chi connectivity index (χ4v) is 3.08. The number of hydrogen-bond donors (Lipinski definition) is 2. The second-order valence-corrected chi connectivity index (χ2v) is 5.98. The van der Waals surface area contributed by atoms with E-state index >= 15 is 0 Å². The maximum absolute atomic E-state index is 10.3. The van der Waals surface area contributed by atoms with Crippen LogP contribution in [-0.4, -0.2) is 39.6 Å². The van der Waals surface area contributed by atoms with Crippen molar-refractivity contribution in [2.24, 2.45) is 0 Å². The number of aliphatic hydroxyl groups excluding tert-OH is 1. The van der Waals surface area contributed by atoms with E-state index in [1.807, 2.05) is 48.5 Å². The van der Waals surface area contributed by atoms with Crippen LogP contribution in [0.2, 0.25) is 0 Å². The molecule has 4 rings (SSSR count). The topological polar surface area (TPSA) is 52.1 Å². The molecule has 0 unspecified atom stereocenters. The Morgan fingerprint density at radius 2 is 1.82 bits per heavy atom.